The third-order valence-electron chi connectivity index (χ3n) is 4.14. The van der Waals surface area contributed by atoms with Crippen molar-refractivity contribution in [2.75, 3.05) is 18.9 Å². The van der Waals surface area contributed by atoms with E-state index < -0.39 is 0 Å². The molecule has 0 saturated carbocycles. The van der Waals surface area contributed by atoms with E-state index >= 15 is 0 Å². The van der Waals surface area contributed by atoms with Gasteiger partial charge in [-0.25, -0.2) is 0 Å². The topological polar surface area (TPSA) is 49.3 Å². The molecule has 116 valence electrons. The number of carbonyl (C=O) groups excluding carboxylic acids is 1. The van der Waals surface area contributed by atoms with Gasteiger partial charge in [0.15, 0.2) is 0 Å². The molecule has 0 heterocycles. The van der Waals surface area contributed by atoms with E-state index in [-0.39, 0.29) is 12.5 Å². The quantitative estimate of drug-likeness (QED) is 0.726. The second kappa shape index (κ2) is 8.44. The molecule has 2 N–H and O–H groups in total. The lowest BCUT2D eigenvalue weighted by Crippen LogP contribution is -2.30. The number of benzene rings is 1. The Morgan fingerprint density at radius 1 is 1.38 bits per heavy atom. The van der Waals surface area contributed by atoms with Crippen molar-refractivity contribution in [2.24, 2.45) is 5.92 Å². The van der Waals surface area contributed by atoms with E-state index in [0.29, 0.717) is 18.2 Å². The minimum absolute atomic E-state index is 0.0805. The minimum atomic E-state index is 0.0805. The summed E-state index contributed by atoms with van der Waals surface area (Å²) < 4.78 is 0. The van der Waals surface area contributed by atoms with Crippen molar-refractivity contribution in [3.8, 4) is 0 Å². The summed E-state index contributed by atoms with van der Waals surface area (Å²) in [4.78, 5) is 13.1. The van der Waals surface area contributed by atoms with Crippen LogP contribution in [0.25, 0.3) is 0 Å². The summed E-state index contributed by atoms with van der Waals surface area (Å²) >= 11 is 1.61. The normalized spacial score (nSPS) is 14.8. The van der Waals surface area contributed by atoms with Gasteiger partial charge in [-0.05, 0) is 54.9 Å². The highest BCUT2D eigenvalue weighted by atomic mass is 32.2. The van der Waals surface area contributed by atoms with Gasteiger partial charge in [-0.2, -0.15) is 0 Å². The fourth-order valence-electron chi connectivity index (χ4n) is 2.73. The molecule has 0 aliphatic heterocycles. The lowest BCUT2D eigenvalue weighted by Gasteiger charge is -2.14. The van der Waals surface area contributed by atoms with Crippen molar-refractivity contribution in [3.63, 3.8) is 0 Å². The summed E-state index contributed by atoms with van der Waals surface area (Å²) in [6, 6.07) is 6.57. The Morgan fingerprint density at radius 2 is 2.19 bits per heavy atom. The summed E-state index contributed by atoms with van der Waals surface area (Å²) in [6.45, 7) is 2.95. The van der Waals surface area contributed by atoms with Gasteiger partial charge in [0.2, 0.25) is 5.91 Å². The molecule has 1 aliphatic rings. The average molecular weight is 307 g/mol. The van der Waals surface area contributed by atoms with E-state index in [1.165, 1.54) is 35.3 Å². The van der Waals surface area contributed by atoms with Crippen molar-refractivity contribution < 1.29 is 9.90 Å². The molecule has 0 saturated heterocycles. The molecule has 21 heavy (non-hydrogen) atoms. The average Bonchev–Trinajstić information content (AvgIpc) is 2.96. The van der Waals surface area contributed by atoms with Crippen LogP contribution in [0, 0.1) is 5.92 Å². The molecule has 1 aliphatic carbocycles. The van der Waals surface area contributed by atoms with Gasteiger partial charge in [0.05, 0.1) is 5.75 Å². The number of hydrogen-bond acceptors (Lipinski definition) is 3. The second-order valence-electron chi connectivity index (χ2n) is 5.66. The van der Waals surface area contributed by atoms with Gasteiger partial charge >= 0.3 is 0 Å². The van der Waals surface area contributed by atoms with Crippen LogP contribution in [0.5, 0.6) is 0 Å². The maximum Gasteiger partial charge on any atom is 0.230 e. The molecule has 0 aromatic heterocycles. The summed E-state index contributed by atoms with van der Waals surface area (Å²) in [5.41, 5.74) is 2.92. The lowest BCUT2D eigenvalue weighted by molar-refractivity contribution is -0.118. The molecule has 1 amide bonds. The second-order valence-corrected chi connectivity index (χ2v) is 6.71. The SMILES string of the molecule is CCC(CCO)CNC(=O)CSc1ccc2c(c1)CCC2. The van der Waals surface area contributed by atoms with Gasteiger partial charge in [0.25, 0.3) is 0 Å². The number of carbonyl (C=O) groups is 1. The van der Waals surface area contributed by atoms with Crippen LogP contribution >= 0.6 is 11.8 Å². The molecule has 1 atom stereocenters. The van der Waals surface area contributed by atoms with Crippen LogP contribution in [0.15, 0.2) is 23.1 Å². The first-order valence-corrected chi connectivity index (χ1v) is 8.83. The van der Waals surface area contributed by atoms with E-state index in [9.17, 15) is 4.79 Å². The van der Waals surface area contributed by atoms with Gasteiger partial charge in [-0.1, -0.05) is 19.4 Å². The first-order chi connectivity index (χ1) is 10.2. The molecular weight excluding hydrogens is 282 g/mol. The Labute approximate surface area is 131 Å². The Balaban J connectivity index is 1.73. The number of amides is 1. The molecule has 1 unspecified atom stereocenters. The predicted octanol–water partition coefficient (Wildman–Crippen LogP) is 2.79. The van der Waals surface area contributed by atoms with Crippen molar-refractivity contribution in [1.82, 2.24) is 5.32 Å². The van der Waals surface area contributed by atoms with E-state index in [2.05, 4.69) is 30.4 Å². The monoisotopic (exact) mass is 307 g/mol. The Morgan fingerprint density at radius 3 is 2.95 bits per heavy atom. The fraction of sp³-hybridized carbons (Fsp3) is 0.588. The van der Waals surface area contributed by atoms with Gasteiger partial charge in [-0.3, -0.25) is 4.79 Å². The number of hydrogen-bond donors (Lipinski definition) is 2. The zero-order valence-corrected chi connectivity index (χ0v) is 13.5. The van der Waals surface area contributed by atoms with Gasteiger partial charge in [0.1, 0.15) is 0 Å². The summed E-state index contributed by atoms with van der Waals surface area (Å²) in [5.74, 6) is 0.926. The maximum absolute atomic E-state index is 11.9. The number of rotatable bonds is 8. The molecule has 1 aromatic carbocycles. The molecular formula is C17H25NO2S. The fourth-order valence-corrected chi connectivity index (χ4v) is 3.52. The molecule has 0 fully saturated rings. The first kappa shape index (κ1) is 16.4. The Bertz CT molecular complexity index is 476. The summed E-state index contributed by atoms with van der Waals surface area (Å²) in [6.07, 6.45) is 5.38. The van der Waals surface area contributed by atoms with Crippen LogP contribution in [0.2, 0.25) is 0 Å². The molecule has 1 aromatic rings. The lowest BCUT2D eigenvalue weighted by atomic mass is 10.0. The van der Waals surface area contributed by atoms with Gasteiger partial charge in [-0.15, -0.1) is 11.8 Å². The van der Waals surface area contributed by atoms with E-state index in [4.69, 9.17) is 5.11 Å². The van der Waals surface area contributed by atoms with Crippen molar-refractivity contribution >= 4 is 17.7 Å². The van der Waals surface area contributed by atoms with Crippen LogP contribution in [0.1, 0.15) is 37.3 Å². The molecule has 0 spiro atoms. The van der Waals surface area contributed by atoms with Crippen LogP contribution < -0.4 is 5.32 Å². The number of aryl methyl sites for hydroxylation is 2. The van der Waals surface area contributed by atoms with Crippen molar-refractivity contribution in [2.45, 2.75) is 43.9 Å². The summed E-state index contributed by atoms with van der Waals surface area (Å²) in [5, 5.41) is 11.9. The van der Waals surface area contributed by atoms with Crippen LogP contribution in [-0.2, 0) is 17.6 Å². The van der Waals surface area contributed by atoms with Crippen LogP contribution in [-0.4, -0.2) is 29.9 Å². The number of aliphatic hydroxyl groups excluding tert-OH is 1. The maximum atomic E-state index is 11.9. The van der Waals surface area contributed by atoms with Crippen molar-refractivity contribution in [1.29, 1.82) is 0 Å². The standard InChI is InChI=1S/C17H25NO2S/c1-2-13(8-9-19)11-18-17(20)12-21-16-7-6-14-4-3-5-15(14)10-16/h6-7,10,13,19H,2-5,8-9,11-12H2,1H3,(H,18,20). The third-order valence-corrected chi connectivity index (χ3v) is 5.14. The highest BCUT2D eigenvalue weighted by Gasteiger charge is 2.12. The Kier molecular flexibility index (Phi) is 6.58. The number of fused-ring (bicyclic) bond motifs is 1. The zero-order valence-electron chi connectivity index (χ0n) is 12.7. The molecule has 3 nitrogen and oxygen atoms in total. The number of aliphatic hydroxyl groups is 1. The number of thioether (sulfide) groups is 1. The highest BCUT2D eigenvalue weighted by Crippen LogP contribution is 2.27. The largest absolute Gasteiger partial charge is 0.396 e. The smallest absolute Gasteiger partial charge is 0.230 e. The van der Waals surface area contributed by atoms with E-state index in [1.807, 2.05) is 0 Å². The highest BCUT2D eigenvalue weighted by molar-refractivity contribution is 8.00. The third kappa shape index (κ3) is 5.04. The van der Waals surface area contributed by atoms with Gasteiger partial charge in [0, 0.05) is 18.0 Å². The van der Waals surface area contributed by atoms with E-state index in [1.54, 1.807) is 11.8 Å². The molecule has 0 bridgehead atoms. The zero-order chi connectivity index (χ0) is 15.1. The van der Waals surface area contributed by atoms with Crippen LogP contribution in [0.4, 0.5) is 0 Å². The first-order valence-electron chi connectivity index (χ1n) is 7.85. The minimum Gasteiger partial charge on any atom is -0.396 e. The predicted molar refractivity (Wildman–Crippen MR) is 87.7 cm³/mol. The van der Waals surface area contributed by atoms with Gasteiger partial charge < -0.3 is 10.4 Å². The molecule has 2 rings (SSSR count). The van der Waals surface area contributed by atoms with Crippen molar-refractivity contribution in [3.05, 3.63) is 29.3 Å². The Hall–Kier alpha value is -1.00. The number of nitrogens with one attached hydrogen (secondary N) is 1. The van der Waals surface area contributed by atoms with E-state index in [0.717, 1.165) is 12.8 Å². The molecule has 0 radical (unpaired) electrons. The van der Waals surface area contributed by atoms with Crippen LogP contribution in [0.3, 0.4) is 0 Å². The summed E-state index contributed by atoms with van der Waals surface area (Å²) in [7, 11) is 0. The molecule has 4 heteroatoms.